The molecule has 5 aliphatic carbocycles. The number of alkyl halides is 1. The van der Waals surface area contributed by atoms with E-state index in [-0.39, 0.29) is 16.2 Å². The first-order valence-electron chi connectivity index (χ1n) is 14.0. The van der Waals surface area contributed by atoms with Gasteiger partial charge in [-0.25, -0.2) is 0 Å². The van der Waals surface area contributed by atoms with Crippen LogP contribution in [-0.4, -0.2) is 11.2 Å². The fraction of sp³-hybridized carbons (Fsp3) is 0.903. The van der Waals surface area contributed by atoms with Crippen molar-refractivity contribution in [3.05, 3.63) is 11.6 Å². The summed E-state index contributed by atoms with van der Waals surface area (Å²) in [6.07, 6.45) is 15.1. The van der Waals surface area contributed by atoms with Crippen LogP contribution in [0.2, 0.25) is 0 Å². The van der Waals surface area contributed by atoms with E-state index < -0.39 is 0 Å². The van der Waals surface area contributed by atoms with Gasteiger partial charge in [-0.05, 0) is 116 Å². The van der Waals surface area contributed by atoms with E-state index >= 15 is 0 Å². The van der Waals surface area contributed by atoms with Crippen LogP contribution in [0.25, 0.3) is 0 Å². The van der Waals surface area contributed by atoms with Gasteiger partial charge in [0.1, 0.15) is 5.78 Å². The van der Waals surface area contributed by atoms with Crippen LogP contribution in [0.1, 0.15) is 120 Å². The van der Waals surface area contributed by atoms with Crippen molar-refractivity contribution in [1.29, 1.82) is 0 Å². The summed E-state index contributed by atoms with van der Waals surface area (Å²) >= 11 is 6.94. The van der Waals surface area contributed by atoms with Crippen LogP contribution in [0.5, 0.6) is 0 Å². The minimum absolute atomic E-state index is 0.132. The highest BCUT2D eigenvalue weighted by atomic mass is 35.5. The van der Waals surface area contributed by atoms with Crippen molar-refractivity contribution in [2.45, 2.75) is 125 Å². The van der Waals surface area contributed by atoms with Crippen molar-refractivity contribution in [1.82, 2.24) is 0 Å². The van der Waals surface area contributed by atoms with E-state index in [9.17, 15) is 4.79 Å². The molecule has 0 spiro atoms. The Balaban J connectivity index is 1.57. The molecule has 0 heterocycles. The molecule has 5 rings (SSSR count). The van der Waals surface area contributed by atoms with Crippen LogP contribution < -0.4 is 0 Å². The number of fused-ring (bicyclic) bond motifs is 7. The van der Waals surface area contributed by atoms with Crippen molar-refractivity contribution in [3.8, 4) is 0 Å². The molecule has 0 aliphatic heterocycles. The molecule has 2 heteroatoms. The molecule has 0 bridgehead atoms. The molecule has 5 aliphatic rings. The van der Waals surface area contributed by atoms with Gasteiger partial charge in [-0.3, -0.25) is 4.79 Å². The molecular formula is C31H49ClO. The number of hydrogen-bond donors (Lipinski definition) is 0. The first kappa shape index (κ1) is 24.4. The number of allylic oxidation sites excluding steroid dienone is 2. The molecule has 9 atom stereocenters. The third-order valence-corrected chi connectivity index (χ3v) is 14.4. The van der Waals surface area contributed by atoms with E-state index in [4.69, 9.17) is 11.6 Å². The summed E-state index contributed by atoms with van der Waals surface area (Å²) < 4.78 is 0. The largest absolute Gasteiger partial charge is 0.299 e. The highest BCUT2D eigenvalue weighted by Crippen LogP contribution is 2.75. The van der Waals surface area contributed by atoms with Crippen molar-refractivity contribution >= 4 is 17.4 Å². The SMILES string of the molecule is CC(=O)[C@@]1(C)CC[C@]2(C)CC[C@]3(C)C(=CCC4[C@@]5(C)CC[C@H](Cl)C(C)(C)C5CC[C@]43C)C2C1. The number of ketones is 1. The Bertz CT molecular complexity index is 887. The second-order valence-corrected chi connectivity index (χ2v) is 15.7. The third-order valence-electron chi connectivity index (χ3n) is 13.6. The van der Waals surface area contributed by atoms with Crippen LogP contribution in [0.3, 0.4) is 0 Å². The number of hydrogen-bond acceptors (Lipinski definition) is 1. The zero-order valence-electron chi connectivity index (χ0n) is 22.7. The average Bonchev–Trinajstić information content (AvgIpc) is 2.73. The topological polar surface area (TPSA) is 17.1 Å². The lowest BCUT2D eigenvalue weighted by Gasteiger charge is -2.71. The maximum Gasteiger partial charge on any atom is 0.135 e. The molecule has 186 valence electrons. The minimum Gasteiger partial charge on any atom is -0.299 e. The molecule has 0 amide bonds. The van der Waals surface area contributed by atoms with E-state index in [0.29, 0.717) is 33.3 Å². The first-order valence-corrected chi connectivity index (χ1v) is 14.4. The molecule has 0 saturated heterocycles. The Morgan fingerprint density at radius 1 is 0.879 bits per heavy atom. The zero-order valence-corrected chi connectivity index (χ0v) is 23.5. The van der Waals surface area contributed by atoms with Crippen LogP contribution >= 0.6 is 11.6 Å². The molecule has 0 N–H and O–H groups in total. The predicted molar refractivity (Wildman–Crippen MR) is 139 cm³/mol. The molecule has 4 saturated carbocycles. The second-order valence-electron chi connectivity index (χ2n) is 15.1. The van der Waals surface area contributed by atoms with Gasteiger partial charge >= 0.3 is 0 Å². The first-order chi connectivity index (χ1) is 15.1. The van der Waals surface area contributed by atoms with Gasteiger partial charge in [0.15, 0.2) is 0 Å². The average molecular weight is 473 g/mol. The number of Topliss-reactive ketones (excluding diaryl/α,β-unsaturated/α-hetero) is 1. The van der Waals surface area contributed by atoms with E-state index in [1.807, 2.05) is 6.92 Å². The Morgan fingerprint density at radius 3 is 2.21 bits per heavy atom. The van der Waals surface area contributed by atoms with Crippen LogP contribution in [0.4, 0.5) is 0 Å². The Labute approximate surface area is 208 Å². The van der Waals surface area contributed by atoms with Gasteiger partial charge in [-0.15, -0.1) is 11.6 Å². The van der Waals surface area contributed by atoms with Crippen molar-refractivity contribution in [3.63, 3.8) is 0 Å². The van der Waals surface area contributed by atoms with Crippen LogP contribution in [0, 0.1) is 50.2 Å². The fourth-order valence-electron chi connectivity index (χ4n) is 10.6. The van der Waals surface area contributed by atoms with Crippen molar-refractivity contribution in [2.75, 3.05) is 0 Å². The fourth-order valence-corrected chi connectivity index (χ4v) is 10.9. The lowest BCUT2D eigenvalue weighted by atomic mass is 9.33. The normalized spacial score (nSPS) is 55.4. The van der Waals surface area contributed by atoms with E-state index in [2.05, 4.69) is 54.5 Å². The molecule has 33 heavy (non-hydrogen) atoms. The van der Waals surface area contributed by atoms with Gasteiger partial charge in [0.2, 0.25) is 0 Å². The predicted octanol–water partition coefficient (Wildman–Crippen LogP) is 8.98. The summed E-state index contributed by atoms with van der Waals surface area (Å²) in [5.74, 6) is 2.46. The smallest absolute Gasteiger partial charge is 0.135 e. The summed E-state index contributed by atoms with van der Waals surface area (Å²) in [6, 6.07) is 0. The van der Waals surface area contributed by atoms with Gasteiger partial charge in [0, 0.05) is 10.8 Å². The van der Waals surface area contributed by atoms with Gasteiger partial charge in [-0.1, -0.05) is 60.1 Å². The second kappa shape index (κ2) is 7.14. The standard InChI is InChI=1S/C31H49ClO/c1-20(33)28(5)16-15-27(4)17-18-30(7)21(22(27)19-28)9-10-24-29(6)13-12-25(32)26(2,3)23(29)11-14-31(24,30)8/h9,22-25H,10-19H2,1-8H3/t22?,23?,24?,25-,27+,28-,29-,30+,31+/m0/s1. The Hall–Kier alpha value is -0.300. The maximum absolute atomic E-state index is 12.7. The molecule has 4 fully saturated rings. The monoisotopic (exact) mass is 472 g/mol. The minimum atomic E-state index is -0.132. The van der Waals surface area contributed by atoms with Crippen molar-refractivity contribution < 1.29 is 4.79 Å². The van der Waals surface area contributed by atoms with E-state index in [1.54, 1.807) is 5.57 Å². The number of rotatable bonds is 1. The van der Waals surface area contributed by atoms with Crippen molar-refractivity contribution in [2.24, 2.45) is 50.2 Å². The van der Waals surface area contributed by atoms with E-state index in [0.717, 1.165) is 24.7 Å². The zero-order chi connectivity index (χ0) is 24.2. The summed E-state index contributed by atoms with van der Waals surface area (Å²) in [5.41, 5.74) is 3.23. The number of carbonyl (C=O) groups excluding carboxylic acids is 1. The highest BCUT2D eigenvalue weighted by Gasteiger charge is 2.68. The molecule has 0 aromatic heterocycles. The summed E-state index contributed by atoms with van der Waals surface area (Å²) in [5, 5.41) is 0.312. The van der Waals surface area contributed by atoms with Gasteiger partial charge in [0.25, 0.3) is 0 Å². The maximum atomic E-state index is 12.7. The quantitative estimate of drug-likeness (QED) is 0.275. The van der Waals surface area contributed by atoms with E-state index in [1.165, 1.54) is 51.4 Å². The summed E-state index contributed by atoms with van der Waals surface area (Å²) in [4.78, 5) is 12.7. The molecule has 0 aromatic carbocycles. The van der Waals surface area contributed by atoms with Gasteiger partial charge in [-0.2, -0.15) is 0 Å². The molecule has 3 unspecified atom stereocenters. The molecule has 0 radical (unpaired) electrons. The summed E-state index contributed by atoms with van der Waals surface area (Å²) in [6.45, 7) is 19.5. The number of carbonyl (C=O) groups is 1. The Kier molecular flexibility index (Phi) is 5.28. The molecule has 0 aromatic rings. The summed E-state index contributed by atoms with van der Waals surface area (Å²) in [7, 11) is 0. The molecular weight excluding hydrogens is 424 g/mol. The Morgan fingerprint density at radius 2 is 1.55 bits per heavy atom. The third kappa shape index (κ3) is 2.99. The van der Waals surface area contributed by atoms with Gasteiger partial charge in [0.05, 0.1) is 0 Å². The van der Waals surface area contributed by atoms with Gasteiger partial charge < -0.3 is 0 Å². The number of halogens is 1. The molecule has 1 nitrogen and oxygen atoms in total. The van der Waals surface area contributed by atoms with Crippen LogP contribution in [0.15, 0.2) is 11.6 Å². The highest BCUT2D eigenvalue weighted by molar-refractivity contribution is 6.21. The lowest BCUT2D eigenvalue weighted by molar-refractivity contribution is -0.179. The van der Waals surface area contributed by atoms with Crippen LogP contribution in [-0.2, 0) is 4.79 Å². The lowest BCUT2D eigenvalue weighted by Crippen LogP contribution is -2.64.